The van der Waals surface area contributed by atoms with Crippen LogP contribution in [0.4, 0.5) is 5.69 Å². The Kier molecular flexibility index (Phi) is 9.89. The number of aryl methyl sites for hydroxylation is 1. The fourth-order valence-corrected chi connectivity index (χ4v) is 4.45. The van der Waals surface area contributed by atoms with Crippen LogP contribution in [0.1, 0.15) is 38.8 Å². The molecule has 0 bridgehead atoms. The molecule has 1 atom stereocenters. The number of anilines is 1. The van der Waals surface area contributed by atoms with E-state index in [4.69, 9.17) is 4.74 Å². The van der Waals surface area contributed by atoms with Gasteiger partial charge in [-0.25, -0.2) is 0 Å². The van der Waals surface area contributed by atoms with Crippen molar-refractivity contribution in [3.63, 3.8) is 0 Å². The van der Waals surface area contributed by atoms with Gasteiger partial charge in [0.2, 0.25) is 5.91 Å². The summed E-state index contributed by atoms with van der Waals surface area (Å²) in [7, 11) is 1.62. The molecule has 4 aromatic carbocycles. The molecule has 7 nitrogen and oxygen atoms in total. The summed E-state index contributed by atoms with van der Waals surface area (Å²) in [5, 5.41) is 9.14. The molecule has 0 heterocycles. The van der Waals surface area contributed by atoms with Crippen LogP contribution in [0.5, 0.6) is 5.75 Å². The lowest BCUT2D eigenvalue weighted by Crippen LogP contribution is -2.48. The summed E-state index contributed by atoms with van der Waals surface area (Å²) in [4.78, 5) is 38.1. The third-order valence-corrected chi connectivity index (χ3v) is 6.74. The van der Waals surface area contributed by atoms with Crippen molar-refractivity contribution in [3.8, 4) is 16.9 Å². The number of rotatable bonds is 12. The highest BCUT2D eigenvalue weighted by molar-refractivity contribution is 5.98. The molecule has 0 saturated carbocycles. The second-order valence-corrected chi connectivity index (χ2v) is 9.88. The Bertz CT molecular complexity index is 1500. The number of methoxy groups -OCH3 is 1. The van der Waals surface area contributed by atoms with Crippen molar-refractivity contribution in [1.29, 1.82) is 0 Å². The lowest BCUT2D eigenvalue weighted by molar-refractivity contribution is -0.122. The molecule has 0 aliphatic carbocycles. The number of benzene rings is 4. The van der Waals surface area contributed by atoms with Crippen LogP contribution in [0.2, 0.25) is 0 Å². The minimum absolute atomic E-state index is 0.0147. The Hall–Kier alpha value is -4.91. The van der Waals surface area contributed by atoms with Crippen molar-refractivity contribution in [2.24, 2.45) is 0 Å². The fraction of sp³-hybridized carbons (Fsp3) is 0.206. The Morgan fingerprint density at radius 3 is 2.17 bits per heavy atom. The minimum atomic E-state index is -0.768. The second kappa shape index (κ2) is 13.9. The Morgan fingerprint density at radius 2 is 1.49 bits per heavy atom. The second-order valence-electron chi connectivity index (χ2n) is 9.88. The zero-order chi connectivity index (χ0) is 29.2. The standard InChI is InChI=1S/C34H35N3O4/c1-23-6-4-9-29(20-23)33(39)37-32(34(40)36-19-18-35-30-14-16-31(41-3)17-15-30)21-25-10-12-26(13-11-25)28-8-5-7-27(22-28)24(2)38/h4-17,20,22,32,35H,18-19,21H2,1-3H3,(H,36,40)(H,37,39). The predicted octanol–water partition coefficient (Wildman–Crippen LogP) is 5.44. The molecule has 0 aliphatic heterocycles. The van der Waals surface area contributed by atoms with Gasteiger partial charge in [0.1, 0.15) is 11.8 Å². The smallest absolute Gasteiger partial charge is 0.251 e. The molecule has 41 heavy (non-hydrogen) atoms. The van der Waals surface area contributed by atoms with Gasteiger partial charge >= 0.3 is 0 Å². The summed E-state index contributed by atoms with van der Waals surface area (Å²) in [5.41, 5.74) is 5.85. The normalized spacial score (nSPS) is 11.3. The van der Waals surface area contributed by atoms with Crippen molar-refractivity contribution in [2.45, 2.75) is 26.3 Å². The molecule has 4 rings (SSSR count). The number of ether oxygens (including phenoxy) is 1. The monoisotopic (exact) mass is 549 g/mol. The van der Waals surface area contributed by atoms with Gasteiger partial charge in [-0.15, -0.1) is 0 Å². The Balaban J connectivity index is 1.43. The summed E-state index contributed by atoms with van der Waals surface area (Å²) in [6.45, 7) is 4.37. The van der Waals surface area contributed by atoms with Crippen LogP contribution >= 0.6 is 0 Å². The highest BCUT2D eigenvalue weighted by Crippen LogP contribution is 2.22. The van der Waals surface area contributed by atoms with E-state index in [0.717, 1.165) is 33.7 Å². The zero-order valence-electron chi connectivity index (χ0n) is 23.6. The summed E-state index contributed by atoms with van der Waals surface area (Å²) in [6, 6.07) is 29.4. The summed E-state index contributed by atoms with van der Waals surface area (Å²) < 4.78 is 5.18. The molecule has 3 N–H and O–H groups in total. The molecule has 2 amide bonds. The van der Waals surface area contributed by atoms with Gasteiger partial charge in [0, 0.05) is 36.3 Å². The molecular formula is C34H35N3O4. The van der Waals surface area contributed by atoms with E-state index in [1.54, 1.807) is 32.2 Å². The van der Waals surface area contributed by atoms with Gasteiger partial charge in [0.15, 0.2) is 5.78 Å². The molecule has 0 radical (unpaired) electrons. The molecule has 0 aliphatic rings. The van der Waals surface area contributed by atoms with Gasteiger partial charge in [-0.05, 0) is 73.0 Å². The highest BCUT2D eigenvalue weighted by atomic mass is 16.5. The van der Waals surface area contributed by atoms with Gasteiger partial charge in [-0.3, -0.25) is 14.4 Å². The summed E-state index contributed by atoms with van der Waals surface area (Å²) in [6.07, 6.45) is 0.322. The topological polar surface area (TPSA) is 96.5 Å². The lowest BCUT2D eigenvalue weighted by Gasteiger charge is -2.19. The molecule has 7 heteroatoms. The molecule has 0 fully saturated rings. The van der Waals surface area contributed by atoms with E-state index in [1.807, 2.05) is 85.8 Å². The highest BCUT2D eigenvalue weighted by Gasteiger charge is 2.22. The first-order valence-electron chi connectivity index (χ1n) is 13.6. The maximum absolute atomic E-state index is 13.3. The van der Waals surface area contributed by atoms with Crippen LogP contribution in [-0.2, 0) is 11.2 Å². The molecule has 1 unspecified atom stereocenters. The molecule has 4 aromatic rings. The van der Waals surface area contributed by atoms with Crippen molar-refractivity contribution >= 4 is 23.3 Å². The molecule has 210 valence electrons. The average Bonchev–Trinajstić information content (AvgIpc) is 2.99. The summed E-state index contributed by atoms with van der Waals surface area (Å²) in [5.74, 6) is 0.221. The molecular weight excluding hydrogens is 514 g/mol. The van der Waals surface area contributed by atoms with E-state index >= 15 is 0 Å². The van der Waals surface area contributed by atoms with E-state index in [0.29, 0.717) is 30.6 Å². The van der Waals surface area contributed by atoms with Crippen LogP contribution in [-0.4, -0.2) is 43.8 Å². The van der Waals surface area contributed by atoms with Gasteiger partial charge in [-0.1, -0.05) is 60.2 Å². The van der Waals surface area contributed by atoms with Gasteiger partial charge < -0.3 is 20.7 Å². The maximum Gasteiger partial charge on any atom is 0.251 e. The number of carbonyl (C=O) groups is 3. The van der Waals surface area contributed by atoms with E-state index in [-0.39, 0.29) is 17.6 Å². The van der Waals surface area contributed by atoms with Crippen molar-refractivity contribution in [1.82, 2.24) is 10.6 Å². The van der Waals surface area contributed by atoms with E-state index < -0.39 is 6.04 Å². The van der Waals surface area contributed by atoms with Crippen LogP contribution in [0.15, 0.2) is 97.1 Å². The number of ketones is 1. The predicted molar refractivity (Wildman–Crippen MR) is 163 cm³/mol. The maximum atomic E-state index is 13.3. The zero-order valence-corrected chi connectivity index (χ0v) is 23.6. The van der Waals surface area contributed by atoms with Gasteiger partial charge in [0.25, 0.3) is 5.91 Å². The lowest BCUT2D eigenvalue weighted by atomic mass is 9.98. The third-order valence-electron chi connectivity index (χ3n) is 6.74. The minimum Gasteiger partial charge on any atom is -0.497 e. The van der Waals surface area contributed by atoms with E-state index in [1.165, 1.54) is 0 Å². The Morgan fingerprint density at radius 1 is 0.780 bits per heavy atom. The number of carbonyl (C=O) groups excluding carboxylic acids is 3. The van der Waals surface area contributed by atoms with Gasteiger partial charge in [-0.2, -0.15) is 0 Å². The molecule has 0 saturated heterocycles. The van der Waals surface area contributed by atoms with Crippen molar-refractivity contribution < 1.29 is 19.1 Å². The number of hydrogen-bond donors (Lipinski definition) is 3. The van der Waals surface area contributed by atoms with Gasteiger partial charge in [0.05, 0.1) is 7.11 Å². The number of Topliss-reactive ketones (excluding diaryl/α,β-unsaturated/α-hetero) is 1. The quantitative estimate of drug-likeness (QED) is 0.162. The van der Waals surface area contributed by atoms with Crippen molar-refractivity contribution in [3.05, 3.63) is 119 Å². The van der Waals surface area contributed by atoms with E-state index in [2.05, 4.69) is 16.0 Å². The third kappa shape index (κ3) is 8.29. The van der Waals surface area contributed by atoms with Crippen LogP contribution in [0.3, 0.4) is 0 Å². The Labute approximate surface area is 240 Å². The number of hydrogen-bond acceptors (Lipinski definition) is 5. The molecule has 0 spiro atoms. The summed E-state index contributed by atoms with van der Waals surface area (Å²) >= 11 is 0. The number of amides is 2. The van der Waals surface area contributed by atoms with E-state index in [9.17, 15) is 14.4 Å². The van der Waals surface area contributed by atoms with Crippen LogP contribution in [0, 0.1) is 6.92 Å². The van der Waals surface area contributed by atoms with Crippen molar-refractivity contribution in [2.75, 3.05) is 25.5 Å². The largest absolute Gasteiger partial charge is 0.497 e. The average molecular weight is 550 g/mol. The first-order valence-corrected chi connectivity index (χ1v) is 13.6. The number of nitrogens with one attached hydrogen (secondary N) is 3. The van der Waals surface area contributed by atoms with Crippen LogP contribution < -0.4 is 20.7 Å². The fourth-order valence-electron chi connectivity index (χ4n) is 4.45. The first-order chi connectivity index (χ1) is 19.8. The first kappa shape index (κ1) is 29.1. The van der Waals surface area contributed by atoms with Crippen LogP contribution in [0.25, 0.3) is 11.1 Å². The SMILES string of the molecule is COc1ccc(NCCNC(=O)C(Cc2ccc(-c3cccc(C(C)=O)c3)cc2)NC(=O)c2cccc(C)c2)cc1. The molecule has 0 aromatic heterocycles.